The molecule has 1 aromatic rings. The Kier molecular flexibility index (Phi) is 5.12. The third-order valence-corrected chi connectivity index (χ3v) is 4.28. The van der Waals surface area contributed by atoms with Crippen LogP contribution in [-0.2, 0) is 9.84 Å². The molecule has 0 aliphatic heterocycles. The lowest BCUT2D eigenvalue weighted by atomic mass is 10.2. The molecule has 3 nitrogen and oxygen atoms in total. The summed E-state index contributed by atoms with van der Waals surface area (Å²) in [6, 6.07) is 5.21. The van der Waals surface area contributed by atoms with E-state index >= 15 is 0 Å². The van der Waals surface area contributed by atoms with Crippen molar-refractivity contribution < 1.29 is 21.6 Å². The monoisotopic (exact) mass is 281 g/mol. The number of alkyl halides is 3. The molecule has 0 aromatic heterocycles. The van der Waals surface area contributed by atoms with Crippen molar-refractivity contribution in [3.05, 3.63) is 42.5 Å². The van der Waals surface area contributed by atoms with Gasteiger partial charge in [-0.25, -0.2) is 8.42 Å². The number of hydrogen-bond acceptors (Lipinski definition) is 3. The van der Waals surface area contributed by atoms with E-state index in [2.05, 4.69) is 6.58 Å². The third-order valence-electron chi connectivity index (χ3n) is 2.22. The van der Waals surface area contributed by atoms with Crippen molar-refractivity contribution >= 4 is 9.84 Å². The molecule has 0 fully saturated rings. The lowest BCUT2D eigenvalue weighted by Gasteiger charge is -2.17. The minimum atomic E-state index is -4.86. The highest BCUT2D eigenvalue weighted by Gasteiger charge is 2.47. The fourth-order valence-corrected chi connectivity index (χ4v) is 2.72. The zero-order valence-corrected chi connectivity index (χ0v) is 10.6. The standard InChI is InChI=1S/C11H11F3O2S.H3N/c1-3-10(11(12,13)14)17(15,16)9-6-4-8(2)5-7-9;/h3-7,10H,1H2,2H3;1H3. The van der Waals surface area contributed by atoms with Gasteiger partial charge in [-0.15, -0.1) is 6.58 Å². The molecule has 3 N–H and O–H groups in total. The Morgan fingerprint density at radius 3 is 2.00 bits per heavy atom. The molecule has 1 aromatic carbocycles. The van der Waals surface area contributed by atoms with Gasteiger partial charge in [-0.05, 0) is 19.1 Å². The van der Waals surface area contributed by atoms with Crippen LogP contribution in [0.2, 0.25) is 0 Å². The fraction of sp³-hybridized carbons (Fsp3) is 0.273. The van der Waals surface area contributed by atoms with E-state index in [4.69, 9.17) is 0 Å². The van der Waals surface area contributed by atoms with Crippen molar-refractivity contribution in [3.63, 3.8) is 0 Å². The summed E-state index contributed by atoms with van der Waals surface area (Å²) in [6.07, 6.45) is -4.46. The van der Waals surface area contributed by atoms with Crippen LogP contribution in [0.25, 0.3) is 0 Å². The molecule has 0 aliphatic rings. The minimum absolute atomic E-state index is 0. The van der Waals surface area contributed by atoms with E-state index in [0.29, 0.717) is 6.08 Å². The van der Waals surface area contributed by atoms with Gasteiger partial charge < -0.3 is 6.15 Å². The molecule has 0 saturated heterocycles. The maximum absolute atomic E-state index is 12.5. The van der Waals surface area contributed by atoms with Gasteiger partial charge in [0.15, 0.2) is 15.1 Å². The molecule has 18 heavy (non-hydrogen) atoms. The average molecular weight is 281 g/mol. The summed E-state index contributed by atoms with van der Waals surface area (Å²) in [5, 5.41) is -2.57. The predicted octanol–water partition coefficient (Wildman–Crippen LogP) is 3.05. The Morgan fingerprint density at radius 1 is 1.22 bits per heavy atom. The van der Waals surface area contributed by atoms with E-state index in [0.717, 1.165) is 17.7 Å². The molecule has 0 saturated carbocycles. The largest absolute Gasteiger partial charge is 0.409 e. The predicted molar refractivity (Wildman–Crippen MR) is 63.4 cm³/mol. The second-order valence-electron chi connectivity index (χ2n) is 3.56. The Balaban J connectivity index is 0.00000289. The van der Waals surface area contributed by atoms with E-state index in [-0.39, 0.29) is 11.0 Å². The topological polar surface area (TPSA) is 69.1 Å². The van der Waals surface area contributed by atoms with Crippen LogP contribution in [-0.4, -0.2) is 19.8 Å². The summed E-state index contributed by atoms with van der Waals surface area (Å²) in [5.74, 6) is 0. The molecule has 0 aliphatic carbocycles. The highest BCUT2D eigenvalue weighted by molar-refractivity contribution is 7.92. The number of hydrogen-bond donors (Lipinski definition) is 1. The van der Waals surface area contributed by atoms with Crippen LogP contribution < -0.4 is 6.15 Å². The maximum atomic E-state index is 12.5. The molecule has 0 spiro atoms. The maximum Gasteiger partial charge on any atom is 0.409 e. The van der Waals surface area contributed by atoms with Crippen LogP contribution in [0.1, 0.15) is 5.56 Å². The summed E-state index contributed by atoms with van der Waals surface area (Å²) < 4.78 is 61.1. The highest BCUT2D eigenvalue weighted by Crippen LogP contribution is 2.31. The summed E-state index contributed by atoms with van der Waals surface area (Å²) in [4.78, 5) is -0.356. The van der Waals surface area contributed by atoms with Crippen molar-refractivity contribution in [2.75, 3.05) is 0 Å². The Bertz CT molecular complexity index is 506. The molecule has 1 unspecified atom stereocenters. The number of rotatable bonds is 3. The van der Waals surface area contributed by atoms with E-state index in [9.17, 15) is 21.6 Å². The first-order valence-electron chi connectivity index (χ1n) is 4.69. The van der Waals surface area contributed by atoms with Crippen molar-refractivity contribution in [2.45, 2.75) is 23.2 Å². The van der Waals surface area contributed by atoms with E-state index < -0.39 is 21.3 Å². The minimum Gasteiger partial charge on any atom is -0.344 e. The molecule has 0 heterocycles. The lowest BCUT2D eigenvalue weighted by Crippen LogP contribution is -2.34. The molecule has 0 radical (unpaired) electrons. The molecule has 0 bridgehead atoms. The first kappa shape index (κ1) is 16.7. The van der Waals surface area contributed by atoms with Crippen LogP contribution in [0.3, 0.4) is 0 Å². The van der Waals surface area contributed by atoms with Crippen LogP contribution in [0.4, 0.5) is 13.2 Å². The third kappa shape index (κ3) is 3.33. The smallest absolute Gasteiger partial charge is 0.344 e. The molecule has 1 atom stereocenters. The van der Waals surface area contributed by atoms with Crippen molar-refractivity contribution in [1.29, 1.82) is 0 Å². The van der Waals surface area contributed by atoms with E-state index in [1.165, 1.54) is 12.1 Å². The number of sulfone groups is 1. The molecule has 102 valence electrons. The Morgan fingerprint density at radius 2 is 1.67 bits per heavy atom. The van der Waals surface area contributed by atoms with Gasteiger partial charge in [0.25, 0.3) is 0 Å². The fourth-order valence-electron chi connectivity index (χ4n) is 1.31. The zero-order valence-electron chi connectivity index (χ0n) is 9.74. The van der Waals surface area contributed by atoms with E-state index in [1.54, 1.807) is 6.92 Å². The number of benzene rings is 1. The van der Waals surface area contributed by atoms with Crippen molar-refractivity contribution in [3.8, 4) is 0 Å². The SMILES string of the molecule is C=CC(C(F)(F)F)S(=O)(=O)c1ccc(C)cc1.N. The van der Waals surface area contributed by atoms with Crippen LogP contribution in [0, 0.1) is 6.92 Å². The van der Waals surface area contributed by atoms with E-state index in [1.807, 2.05) is 0 Å². The summed E-state index contributed by atoms with van der Waals surface area (Å²) in [5.41, 5.74) is 0.770. The molecule has 0 amide bonds. The van der Waals surface area contributed by atoms with Gasteiger partial charge >= 0.3 is 6.18 Å². The highest BCUT2D eigenvalue weighted by atomic mass is 32.2. The van der Waals surface area contributed by atoms with Crippen LogP contribution in [0.5, 0.6) is 0 Å². The Labute approximate surface area is 104 Å². The average Bonchev–Trinajstić information content (AvgIpc) is 2.16. The van der Waals surface area contributed by atoms with Gasteiger partial charge in [-0.2, -0.15) is 13.2 Å². The van der Waals surface area contributed by atoms with Gasteiger partial charge in [-0.3, -0.25) is 0 Å². The zero-order chi connectivity index (χ0) is 13.3. The second-order valence-corrected chi connectivity index (χ2v) is 5.63. The quantitative estimate of drug-likeness (QED) is 0.866. The summed E-state index contributed by atoms with van der Waals surface area (Å²) in [6.45, 7) is 4.65. The molecule has 7 heteroatoms. The van der Waals surface area contributed by atoms with Gasteiger partial charge in [0.2, 0.25) is 0 Å². The van der Waals surface area contributed by atoms with Gasteiger partial charge in [0, 0.05) is 0 Å². The number of halogens is 3. The molecular weight excluding hydrogens is 267 g/mol. The van der Waals surface area contributed by atoms with Gasteiger partial charge in [0.05, 0.1) is 4.90 Å². The summed E-state index contributed by atoms with van der Waals surface area (Å²) >= 11 is 0. The first-order chi connectivity index (χ1) is 7.69. The van der Waals surface area contributed by atoms with Crippen molar-refractivity contribution in [1.82, 2.24) is 6.15 Å². The molecule has 1 rings (SSSR count). The first-order valence-corrected chi connectivity index (χ1v) is 6.24. The Hall–Kier alpha value is -1.34. The molecular formula is C11H14F3NO2S. The number of aryl methyl sites for hydroxylation is 1. The van der Waals surface area contributed by atoms with Gasteiger partial charge in [-0.1, -0.05) is 23.8 Å². The van der Waals surface area contributed by atoms with Crippen molar-refractivity contribution in [2.24, 2.45) is 0 Å². The van der Waals surface area contributed by atoms with Crippen LogP contribution >= 0.6 is 0 Å². The normalized spacial score (nSPS) is 13.6. The van der Waals surface area contributed by atoms with Gasteiger partial charge in [0.1, 0.15) is 0 Å². The second kappa shape index (κ2) is 5.53. The summed E-state index contributed by atoms with van der Waals surface area (Å²) in [7, 11) is -4.47. The lowest BCUT2D eigenvalue weighted by molar-refractivity contribution is -0.121. The van der Waals surface area contributed by atoms with Crippen LogP contribution in [0.15, 0.2) is 41.8 Å².